The molecule has 18 heavy (non-hydrogen) atoms. The van der Waals surface area contributed by atoms with Gasteiger partial charge in [0, 0.05) is 52.2 Å². The number of nitrogens with zero attached hydrogens (tertiary/aromatic N) is 2. The topological polar surface area (TPSA) is 31.6 Å². The van der Waals surface area contributed by atoms with Crippen molar-refractivity contribution >= 4 is 0 Å². The second-order valence-corrected chi connectivity index (χ2v) is 5.16. The van der Waals surface area contributed by atoms with E-state index in [4.69, 9.17) is 4.42 Å². The Labute approximate surface area is 110 Å². The van der Waals surface area contributed by atoms with Crippen molar-refractivity contribution in [1.82, 2.24) is 15.1 Å². The van der Waals surface area contributed by atoms with Gasteiger partial charge in [0.25, 0.3) is 0 Å². The van der Waals surface area contributed by atoms with E-state index in [2.05, 4.69) is 28.2 Å². The van der Waals surface area contributed by atoms with Gasteiger partial charge in [-0.3, -0.25) is 4.90 Å². The number of likely N-dealkylation sites (N-methyl/N-ethyl adjacent to an activating group) is 1. The number of rotatable bonds is 6. The predicted octanol–water partition coefficient (Wildman–Crippen LogP) is 0.968. The summed E-state index contributed by atoms with van der Waals surface area (Å²) in [6.07, 6.45) is 1.01. The number of hydrogen-bond donors (Lipinski definition) is 1. The van der Waals surface area contributed by atoms with Crippen LogP contribution in [0.2, 0.25) is 0 Å². The Hall–Kier alpha value is -0.840. The van der Waals surface area contributed by atoms with Crippen LogP contribution in [0.3, 0.4) is 0 Å². The van der Waals surface area contributed by atoms with E-state index in [-0.39, 0.29) is 0 Å². The molecule has 0 atom stereocenters. The molecule has 1 aliphatic rings. The first-order chi connectivity index (χ1) is 8.74. The van der Waals surface area contributed by atoms with Crippen LogP contribution in [0.5, 0.6) is 0 Å². The van der Waals surface area contributed by atoms with E-state index in [0.717, 1.165) is 44.1 Å². The third-order valence-electron chi connectivity index (χ3n) is 3.54. The number of furan rings is 1. The highest BCUT2D eigenvalue weighted by molar-refractivity contribution is 5.05. The Morgan fingerprint density at radius 2 is 2.06 bits per heavy atom. The largest absolute Gasteiger partial charge is 0.466 e. The zero-order valence-electron chi connectivity index (χ0n) is 11.6. The zero-order valence-corrected chi connectivity index (χ0v) is 11.6. The second kappa shape index (κ2) is 6.92. The fraction of sp³-hybridized carbons (Fsp3) is 0.714. The van der Waals surface area contributed by atoms with Gasteiger partial charge >= 0.3 is 0 Å². The first-order valence-electron chi connectivity index (χ1n) is 6.91. The molecule has 102 valence electrons. The number of nitrogens with one attached hydrogen (secondary N) is 1. The van der Waals surface area contributed by atoms with E-state index < -0.39 is 0 Å². The van der Waals surface area contributed by atoms with Gasteiger partial charge in [0.05, 0.1) is 0 Å². The molecule has 1 fully saturated rings. The summed E-state index contributed by atoms with van der Waals surface area (Å²) < 4.78 is 5.58. The molecule has 0 amide bonds. The highest BCUT2D eigenvalue weighted by Crippen LogP contribution is 2.07. The maximum Gasteiger partial charge on any atom is 0.105 e. The Balaban J connectivity index is 1.61. The fourth-order valence-electron chi connectivity index (χ4n) is 2.28. The van der Waals surface area contributed by atoms with Gasteiger partial charge in [-0.15, -0.1) is 0 Å². The van der Waals surface area contributed by atoms with Crippen molar-refractivity contribution in [2.75, 3.05) is 52.9 Å². The molecule has 1 N–H and O–H groups in total. The van der Waals surface area contributed by atoms with Crippen LogP contribution in [0, 0.1) is 6.92 Å². The molecule has 0 radical (unpaired) electrons. The lowest BCUT2D eigenvalue weighted by atomic mass is 10.3. The van der Waals surface area contributed by atoms with E-state index in [9.17, 15) is 0 Å². The third-order valence-corrected chi connectivity index (χ3v) is 3.54. The van der Waals surface area contributed by atoms with Gasteiger partial charge in [0.15, 0.2) is 0 Å². The molecule has 0 aliphatic carbocycles. The summed E-state index contributed by atoms with van der Waals surface area (Å²) in [6.45, 7) is 10.0. The highest BCUT2D eigenvalue weighted by atomic mass is 16.3. The van der Waals surface area contributed by atoms with Crippen molar-refractivity contribution in [3.05, 3.63) is 23.7 Å². The summed E-state index contributed by atoms with van der Waals surface area (Å²) in [6, 6.07) is 4.12. The van der Waals surface area contributed by atoms with E-state index >= 15 is 0 Å². The van der Waals surface area contributed by atoms with E-state index in [1.807, 2.05) is 13.0 Å². The minimum atomic E-state index is 1.01. The zero-order chi connectivity index (χ0) is 12.8. The Morgan fingerprint density at radius 3 is 2.72 bits per heavy atom. The summed E-state index contributed by atoms with van der Waals surface area (Å²) in [7, 11) is 2.19. The van der Waals surface area contributed by atoms with Crippen molar-refractivity contribution in [1.29, 1.82) is 0 Å². The molecule has 1 saturated heterocycles. The molecule has 1 aromatic rings. The third kappa shape index (κ3) is 4.44. The van der Waals surface area contributed by atoms with E-state index in [1.54, 1.807) is 0 Å². The number of hydrogen-bond acceptors (Lipinski definition) is 4. The minimum absolute atomic E-state index is 1.01. The van der Waals surface area contributed by atoms with Crippen LogP contribution in [-0.2, 0) is 6.42 Å². The monoisotopic (exact) mass is 251 g/mol. The Bertz CT molecular complexity index is 345. The molecule has 2 heterocycles. The molecular weight excluding hydrogens is 226 g/mol. The lowest BCUT2D eigenvalue weighted by molar-refractivity contribution is 0.204. The SMILES string of the molecule is Cc1ccc(CCN(C)CCN2CCNCC2)o1. The van der Waals surface area contributed by atoms with Crippen LogP contribution in [0.4, 0.5) is 0 Å². The van der Waals surface area contributed by atoms with Crippen LogP contribution in [0.1, 0.15) is 11.5 Å². The molecule has 0 bridgehead atoms. The summed E-state index contributed by atoms with van der Waals surface area (Å²) in [4.78, 5) is 4.92. The molecule has 4 nitrogen and oxygen atoms in total. The molecule has 0 aromatic carbocycles. The average molecular weight is 251 g/mol. The Kier molecular flexibility index (Phi) is 5.23. The normalized spacial score (nSPS) is 17.5. The predicted molar refractivity (Wildman–Crippen MR) is 74.0 cm³/mol. The van der Waals surface area contributed by atoms with Crippen molar-refractivity contribution in [3.63, 3.8) is 0 Å². The smallest absolute Gasteiger partial charge is 0.105 e. The summed E-state index contributed by atoms with van der Waals surface area (Å²) in [5.74, 6) is 2.11. The van der Waals surface area contributed by atoms with Gasteiger partial charge in [-0.05, 0) is 26.1 Å². The van der Waals surface area contributed by atoms with Gasteiger partial charge in [0.1, 0.15) is 11.5 Å². The first kappa shape index (κ1) is 13.6. The summed E-state index contributed by atoms with van der Waals surface area (Å²) in [5, 5.41) is 3.38. The molecule has 2 rings (SSSR count). The number of piperazine rings is 1. The average Bonchev–Trinajstić information content (AvgIpc) is 2.81. The molecule has 4 heteroatoms. The van der Waals surface area contributed by atoms with Gasteiger partial charge in [0.2, 0.25) is 0 Å². The summed E-state index contributed by atoms with van der Waals surface area (Å²) >= 11 is 0. The second-order valence-electron chi connectivity index (χ2n) is 5.16. The van der Waals surface area contributed by atoms with Gasteiger partial charge < -0.3 is 14.6 Å². The maximum atomic E-state index is 5.58. The van der Waals surface area contributed by atoms with Crippen molar-refractivity contribution in [2.24, 2.45) is 0 Å². The lowest BCUT2D eigenvalue weighted by Gasteiger charge is -2.29. The minimum Gasteiger partial charge on any atom is -0.466 e. The van der Waals surface area contributed by atoms with Crippen molar-refractivity contribution < 1.29 is 4.42 Å². The lowest BCUT2D eigenvalue weighted by Crippen LogP contribution is -2.46. The van der Waals surface area contributed by atoms with Crippen LogP contribution < -0.4 is 5.32 Å². The molecule has 0 unspecified atom stereocenters. The fourth-order valence-corrected chi connectivity index (χ4v) is 2.28. The molecule has 1 aromatic heterocycles. The van der Waals surface area contributed by atoms with E-state index in [0.29, 0.717) is 0 Å². The first-order valence-corrected chi connectivity index (χ1v) is 6.91. The Morgan fingerprint density at radius 1 is 1.28 bits per heavy atom. The molecule has 0 spiro atoms. The van der Waals surface area contributed by atoms with Gasteiger partial charge in [-0.1, -0.05) is 0 Å². The van der Waals surface area contributed by atoms with E-state index in [1.165, 1.54) is 19.6 Å². The molecule has 1 aliphatic heterocycles. The van der Waals surface area contributed by atoms with Crippen molar-refractivity contribution in [3.8, 4) is 0 Å². The standard InChI is InChI=1S/C14H25N3O/c1-13-3-4-14(18-13)5-8-16(2)11-12-17-9-6-15-7-10-17/h3-4,15H,5-12H2,1-2H3. The molecule has 0 saturated carbocycles. The van der Waals surface area contributed by atoms with Gasteiger partial charge in [-0.25, -0.2) is 0 Å². The van der Waals surface area contributed by atoms with Crippen LogP contribution in [0.25, 0.3) is 0 Å². The van der Waals surface area contributed by atoms with Crippen molar-refractivity contribution in [2.45, 2.75) is 13.3 Å². The van der Waals surface area contributed by atoms with Gasteiger partial charge in [-0.2, -0.15) is 0 Å². The number of aryl methyl sites for hydroxylation is 1. The molecular formula is C14H25N3O. The maximum absolute atomic E-state index is 5.58. The quantitative estimate of drug-likeness (QED) is 0.816. The van der Waals surface area contributed by atoms with Crippen LogP contribution in [0.15, 0.2) is 16.5 Å². The van der Waals surface area contributed by atoms with Crippen LogP contribution >= 0.6 is 0 Å². The van der Waals surface area contributed by atoms with Crippen LogP contribution in [-0.4, -0.2) is 62.7 Å². The highest BCUT2D eigenvalue weighted by Gasteiger charge is 2.10. The summed E-state index contributed by atoms with van der Waals surface area (Å²) in [5.41, 5.74) is 0.